The highest BCUT2D eigenvalue weighted by atomic mass is 16.5. The van der Waals surface area contributed by atoms with Crippen LogP contribution in [0, 0.1) is 0 Å². The molecule has 0 aromatic heterocycles. The zero-order valence-electron chi connectivity index (χ0n) is 10.4. The van der Waals surface area contributed by atoms with E-state index in [1.165, 1.54) is 0 Å². The van der Waals surface area contributed by atoms with Gasteiger partial charge in [-0.1, -0.05) is 0 Å². The molecule has 3 N–H and O–H groups in total. The Bertz CT molecular complexity index is 219. The van der Waals surface area contributed by atoms with Crippen molar-refractivity contribution >= 4 is 5.91 Å². The van der Waals surface area contributed by atoms with Gasteiger partial charge in [0.15, 0.2) is 0 Å². The van der Waals surface area contributed by atoms with E-state index in [0.29, 0.717) is 18.6 Å². The summed E-state index contributed by atoms with van der Waals surface area (Å²) >= 11 is 0. The number of carbonyl (C=O) groups excluding carboxylic acids is 1. The first-order chi connectivity index (χ1) is 7.61. The molecule has 1 rings (SSSR count). The topological polar surface area (TPSA) is 64.3 Å². The van der Waals surface area contributed by atoms with E-state index in [1.807, 2.05) is 6.92 Å². The van der Waals surface area contributed by atoms with Crippen molar-refractivity contribution in [1.82, 2.24) is 5.32 Å². The number of rotatable bonds is 6. The molecule has 1 amide bonds. The molecular formula is C12H24N2O2. The minimum Gasteiger partial charge on any atom is -0.381 e. The summed E-state index contributed by atoms with van der Waals surface area (Å²) in [5.74, 6) is 0.155. The Morgan fingerprint density at radius 2 is 2.31 bits per heavy atom. The maximum atomic E-state index is 11.6. The molecule has 0 spiro atoms. The molecule has 4 heteroatoms. The lowest BCUT2D eigenvalue weighted by molar-refractivity contribution is -0.121. The van der Waals surface area contributed by atoms with Crippen LogP contribution in [0.2, 0.25) is 0 Å². The molecule has 0 aliphatic heterocycles. The lowest BCUT2D eigenvalue weighted by Gasteiger charge is -2.13. The number of hydrogen-bond donors (Lipinski definition) is 2. The van der Waals surface area contributed by atoms with Crippen molar-refractivity contribution in [3.8, 4) is 0 Å². The Morgan fingerprint density at radius 3 is 2.88 bits per heavy atom. The second-order valence-electron chi connectivity index (χ2n) is 4.80. The largest absolute Gasteiger partial charge is 0.381 e. The molecule has 16 heavy (non-hydrogen) atoms. The van der Waals surface area contributed by atoms with E-state index in [1.54, 1.807) is 7.11 Å². The van der Waals surface area contributed by atoms with E-state index in [9.17, 15) is 4.79 Å². The Labute approximate surface area is 97.9 Å². The van der Waals surface area contributed by atoms with Crippen molar-refractivity contribution in [2.24, 2.45) is 5.73 Å². The van der Waals surface area contributed by atoms with Gasteiger partial charge in [-0.25, -0.2) is 0 Å². The molecule has 1 fully saturated rings. The fourth-order valence-corrected chi connectivity index (χ4v) is 2.17. The van der Waals surface area contributed by atoms with Crippen LogP contribution in [0.15, 0.2) is 0 Å². The molecule has 0 heterocycles. The second kappa shape index (κ2) is 6.86. The zero-order chi connectivity index (χ0) is 12.0. The lowest BCUT2D eigenvalue weighted by atomic mass is 10.1. The van der Waals surface area contributed by atoms with Gasteiger partial charge in [0.05, 0.1) is 6.10 Å². The van der Waals surface area contributed by atoms with Gasteiger partial charge in [-0.3, -0.25) is 4.79 Å². The van der Waals surface area contributed by atoms with E-state index in [2.05, 4.69) is 5.32 Å². The maximum absolute atomic E-state index is 11.6. The summed E-state index contributed by atoms with van der Waals surface area (Å²) in [5, 5.41) is 3.06. The van der Waals surface area contributed by atoms with Crippen LogP contribution in [0.3, 0.4) is 0 Å². The van der Waals surface area contributed by atoms with Crippen molar-refractivity contribution in [3.63, 3.8) is 0 Å². The lowest BCUT2D eigenvalue weighted by Crippen LogP contribution is -2.33. The number of nitrogens with one attached hydrogen (secondary N) is 1. The molecule has 94 valence electrons. The summed E-state index contributed by atoms with van der Waals surface area (Å²) in [6, 6.07) is 0.505. The summed E-state index contributed by atoms with van der Waals surface area (Å²) in [6.07, 6.45) is 5.77. The van der Waals surface area contributed by atoms with Crippen LogP contribution in [0.5, 0.6) is 0 Å². The van der Waals surface area contributed by atoms with Gasteiger partial charge in [0, 0.05) is 25.6 Å². The third-order valence-electron chi connectivity index (χ3n) is 3.15. The molecule has 4 nitrogen and oxygen atoms in total. The van der Waals surface area contributed by atoms with Crippen LogP contribution in [0.4, 0.5) is 0 Å². The average molecular weight is 228 g/mol. The third-order valence-corrected chi connectivity index (χ3v) is 3.15. The SMILES string of the molecule is COC1CCC(NC(=O)CCCC(C)N)C1. The predicted molar refractivity (Wildman–Crippen MR) is 64.1 cm³/mol. The van der Waals surface area contributed by atoms with Gasteiger partial charge < -0.3 is 15.8 Å². The van der Waals surface area contributed by atoms with Gasteiger partial charge in [0.1, 0.15) is 0 Å². The van der Waals surface area contributed by atoms with Crippen molar-refractivity contribution in [3.05, 3.63) is 0 Å². The fourth-order valence-electron chi connectivity index (χ4n) is 2.17. The first kappa shape index (κ1) is 13.5. The monoisotopic (exact) mass is 228 g/mol. The molecule has 0 aromatic rings. The van der Waals surface area contributed by atoms with Crippen LogP contribution in [-0.2, 0) is 9.53 Å². The number of amides is 1. The van der Waals surface area contributed by atoms with E-state index in [0.717, 1.165) is 32.1 Å². The van der Waals surface area contributed by atoms with Crippen molar-refractivity contribution < 1.29 is 9.53 Å². The Hall–Kier alpha value is -0.610. The van der Waals surface area contributed by atoms with Gasteiger partial charge in [-0.15, -0.1) is 0 Å². The quantitative estimate of drug-likeness (QED) is 0.717. The van der Waals surface area contributed by atoms with Crippen LogP contribution < -0.4 is 11.1 Å². The summed E-state index contributed by atoms with van der Waals surface area (Å²) in [4.78, 5) is 11.6. The van der Waals surface area contributed by atoms with Crippen LogP contribution >= 0.6 is 0 Å². The number of nitrogens with two attached hydrogens (primary N) is 1. The third kappa shape index (κ3) is 4.94. The summed E-state index contributed by atoms with van der Waals surface area (Å²) in [5.41, 5.74) is 5.63. The maximum Gasteiger partial charge on any atom is 0.220 e. The minimum atomic E-state index is 0.155. The number of methoxy groups -OCH3 is 1. The van der Waals surface area contributed by atoms with Gasteiger partial charge in [0.25, 0.3) is 0 Å². The zero-order valence-corrected chi connectivity index (χ0v) is 10.4. The molecule has 3 unspecified atom stereocenters. The number of carbonyl (C=O) groups is 1. The van der Waals surface area contributed by atoms with Gasteiger partial charge in [-0.05, 0) is 39.0 Å². The molecule has 1 saturated carbocycles. The van der Waals surface area contributed by atoms with Crippen LogP contribution in [-0.4, -0.2) is 31.2 Å². The predicted octanol–water partition coefficient (Wildman–Crippen LogP) is 1.19. The molecule has 1 aliphatic carbocycles. The molecule has 0 aromatic carbocycles. The first-order valence-electron chi connectivity index (χ1n) is 6.19. The fraction of sp³-hybridized carbons (Fsp3) is 0.917. The average Bonchev–Trinajstić information content (AvgIpc) is 2.65. The Balaban J connectivity index is 2.10. The molecule has 0 bridgehead atoms. The van der Waals surface area contributed by atoms with Gasteiger partial charge in [-0.2, -0.15) is 0 Å². The highest BCUT2D eigenvalue weighted by molar-refractivity contribution is 5.76. The number of hydrogen-bond acceptors (Lipinski definition) is 3. The first-order valence-corrected chi connectivity index (χ1v) is 6.19. The molecule has 0 saturated heterocycles. The molecule has 1 aliphatic rings. The van der Waals surface area contributed by atoms with Crippen LogP contribution in [0.1, 0.15) is 45.4 Å². The molecule has 3 atom stereocenters. The van der Waals surface area contributed by atoms with Gasteiger partial charge in [0.2, 0.25) is 5.91 Å². The standard InChI is InChI=1S/C12H24N2O2/c1-9(13)4-3-5-12(15)14-10-6-7-11(8-10)16-2/h9-11H,3-8,13H2,1-2H3,(H,14,15). The van der Waals surface area contributed by atoms with E-state index in [4.69, 9.17) is 10.5 Å². The summed E-state index contributed by atoms with van der Waals surface area (Å²) < 4.78 is 5.27. The minimum absolute atomic E-state index is 0.155. The van der Waals surface area contributed by atoms with E-state index in [-0.39, 0.29) is 11.9 Å². The van der Waals surface area contributed by atoms with Crippen molar-refractivity contribution in [1.29, 1.82) is 0 Å². The summed E-state index contributed by atoms with van der Waals surface area (Å²) in [6.45, 7) is 1.97. The smallest absolute Gasteiger partial charge is 0.220 e. The molecule has 0 radical (unpaired) electrons. The molecular weight excluding hydrogens is 204 g/mol. The highest BCUT2D eigenvalue weighted by Gasteiger charge is 2.25. The van der Waals surface area contributed by atoms with Crippen molar-refractivity contribution in [2.75, 3.05) is 7.11 Å². The van der Waals surface area contributed by atoms with Gasteiger partial charge >= 0.3 is 0 Å². The number of ether oxygens (including phenoxy) is 1. The highest BCUT2D eigenvalue weighted by Crippen LogP contribution is 2.21. The Kier molecular flexibility index (Phi) is 5.77. The normalized spacial score (nSPS) is 26.7. The van der Waals surface area contributed by atoms with E-state index >= 15 is 0 Å². The van der Waals surface area contributed by atoms with Crippen LogP contribution in [0.25, 0.3) is 0 Å². The van der Waals surface area contributed by atoms with Crippen molar-refractivity contribution in [2.45, 2.75) is 63.6 Å². The summed E-state index contributed by atoms with van der Waals surface area (Å²) in [7, 11) is 1.73. The van der Waals surface area contributed by atoms with E-state index < -0.39 is 0 Å². The second-order valence-corrected chi connectivity index (χ2v) is 4.80. The Morgan fingerprint density at radius 1 is 1.56 bits per heavy atom.